The van der Waals surface area contributed by atoms with Gasteiger partial charge in [0.15, 0.2) is 0 Å². The Kier molecular flexibility index (Phi) is 5.25. The lowest BCUT2D eigenvalue weighted by molar-refractivity contribution is -0.127. The Morgan fingerprint density at radius 3 is 2.83 bits per heavy atom. The molecule has 1 saturated heterocycles. The first-order chi connectivity index (χ1) is 11.7. The van der Waals surface area contributed by atoms with Crippen molar-refractivity contribution in [1.29, 1.82) is 0 Å². The highest BCUT2D eigenvalue weighted by Crippen LogP contribution is 2.27. The number of rotatable bonds is 6. The monoisotopic (exact) mass is 328 g/mol. The van der Waals surface area contributed by atoms with Gasteiger partial charge >= 0.3 is 0 Å². The van der Waals surface area contributed by atoms with Gasteiger partial charge in [-0.3, -0.25) is 9.89 Å². The van der Waals surface area contributed by atoms with Crippen molar-refractivity contribution >= 4 is 5.91 Å². The highest BCUT2D eigenvalue weighted by atomic mass is 16.5. The molecule has 24 heavy (non-hydrogen) atoms. The number of amides is 1. The van der Waals surface area contributed by atoms with Crippen LogP contribution in [0, 0.1) is 11.8 Å². The number of benzene rings is 1. The van der Waals surface area contributed by atoms with Crippen molar-refractivity contribution in [3.8, 4) is 0 Å². The number of carbonyl (C=O) groups is 1. The molecule has 2 N–H and O–H groups in total. The summed E-state index contributed by atoms with van der Waals surface area (Å²) in [5.41, 5.74) is 1.10. The summed E-state index contributed by atoms with van der Waals surface area (Å²) in [6, 6.07) is 10.0. The summed E-state index contributed by atoms with van der Waals surface area (Å²) in [6.07, 6.45) is 2.28. The minimum absolute atomic E-state index is 0.00505. The fourth-order valence-electron chi connectivity index (χ4n) is 3.32. The summed E-state index contributed by atoms with van der Waals surface area (Å²) >= 11 is 0. The van der Waals surface area contributed by atoms with Crippen molar-refractivity contribution in [3.05, 3.63) is 48.0 Å². The third-order valence-corrected chi connectivity index (χ3v) is 4.58. The average Bonchev–Trinajstić information content (AvgIpc) is 3.27. The van der Waals surface area contributed by atoms with Crippen LogP contribution in [0.2, 0.25) is 0 Å². The quantitative estimate of drug-likeness (QED) is 0.851. The maximum absolute atomic E-state index is 12.6. The van der Waals surface area contributed by atoms with Crippen LogP contribution in [0.25, 0.3) is 0 Å². The molecule has 1 amide bonds. The van der Waals surface area contributed by atoms with Crippen molar-refractivity contribution in [2.45, 2.75) is 32.3 Å². The molecule has 0 unspecified atom stereocenters. The molecule has 0 bridgehead atoms. The molecular weight excluding hydrogens is 304 g/mol. The number of hydrogen-bond acceptors (Lipinski definition) is 4. The molecule has 0 radical (unpaired) electrons. The van der Waals surface area contributed by atoms with E-state index in [1.54, 1.807) is 0 Å². The maximum Gasteiger partial charge on any atom is 0.225 e. The van der Waals surface area contributed by atoms with Gasteiger partial charge in [-0.2, -0.15) is 5.10 Å². The van der Waals surface area contributed by atoms with Crippen LogP contribution in [-0.4, -0.2) is 40.3 Å². The zero-order valence-electron chi connectivity index (χ0n) is 14.1. The summed E-state index contributed by atoms with van der Waals surface area (Å²) in [7, 11) is 0. The number of H-pyrrole nitrogens is 1. The Balaban J connectivity index is 1.69. The first-order valence-corrected chi connectivity index (χ1v) is 8.46. The minimum Gasteiger partial charge on any atom is -0.377 e. The third-order valence-electron chi connectivity index (χ3n) is 4.58. The lowest BCUT2D eigenvalue weighted by Crippen LogP contribution is -2.39. The van der Waals surface area contributed by atoms with Gasteiger partial charge in [0.05, 0.1) is 17.9 Å². The van der Waals surface area contributed by atoms with Gasteiger partial charge < -0.3 is 10.1 Å². The van der Waals surface area contributed by atoms with E-state index in [2.05, 4.69) is 34.3 Å². The molecule has 0 saturated carbocycles. The standard InChI is InChI=1S/C18H24N4O2/c1-12(2)16-14(8-9-24-16)18(23)19-10-15(17-20-11-21-22-17)13-6-4-3-5-7-13/h3-7,11-12,14-16H,8-10H2,1-2H3,(H,19,23)(H,20,21,22)/t14-,15-,16-/m0/s1. The van der Waals surface area contributed by atoms with E-state index in [1.807, 2.05) is 30.3 Å². The van der Waals surface area contributed by atoms with Crippen molar-refractivity contribution in [3.63, 3.8) is 0 Å². The van der Waals surface area contributed by atoms with Crippen LogP contribution < -0.4 is 5.32 Å². The van der Waals surface area contributed by atoms with Gasteiger partial charge in [-0.1, -0.05) is 44.2 Å². The Hall–Kier alpha value is -2.21. The molecule has 0 spiro atoms. The number of hydrogen-bond donors (Lipinski definition) is 2. The van der Waals surface area contributed by atoms with Gasteiger partial charge in [0.25, 0.3) is 0 Å². The fraction of sp³-hybridized carbons (Fsp3) is 0.500. The van der Waals surface area contributed by atoms with Gasteiger partial charge in [0.2, 0.25) is 5.91 Å². The van der Waals surface area contributed by atoms with Crippen LogP contribution in [0.5, 0.6) is 0 Å². The van der Waals surface area contributed by atoms with Crippen LogP contribution in [0.4, 0.5) is 0 Å². The van der Waals surface area contributed by atoms with Crippen molar-refractivity contribution in [2.75, 3.05) is 13.2 Å². The largest absolute Gasteiger partial charge is 0.377 e. The number of aromatic nitrogens is 3. The Bertz CT molecular complexity index is 642. The highest BCUT2D eigenvalue weighted by molar-refractivity contribution is 5.79. The average molecular weight is 328 g/mol. The van der Waals surface area contributed by atoms with Crippen LogP contribution in [0.3, 0.4) is 0 Å². The molecule has 3 rings (SSSR count). The van der Waals surface area contributed by atoms with Gasteiger partial charge in [0, 0.05) is 13.2 Å². The van der Waals surface area contributed by atoms with E-state index >= 15 is 0 Å². The molecule has 1 aromatic carbocycles. The van der Waals surface area contributed by atoms with Crippen molar-refractivity contribution in [1.82, 2.24) is 20.5 Å². The summed E-state index contributed by atoms with van der Waals surface area (Å²) in [5, 5.41) is 9.95. The number of nitrogens with one attached hydrogen (secondary N) is 2. The smallest absolute Gasteiger partial charge is 0.225 e. The summed E-state index contributed by atoms with van der Waals surface area (Å²) in [5.74, 6) is 1.03. The minimum atomic E-state index is -0.0730. The molecule has 128 valence electrons. The van der Waals surface area contributed by atoms with Crippen LogP contribution >= 0.6 is 0 Å². The normalized spacial score (nSPS) is 21.8. The molecule has 2 aromatic rings. The van der Waals surface area contributed by atoms with Crippen molar-refractivity contribution in [2.24, 2.45) is 11.8 Å². The SMILES string of the molecule is CC(C)[C@@H]1OCC[C@@H]1C(=O)NC[C@@H](c1ccccc1)c1ncn[nH]1. The molecule has 1 aliphatic heterocycles. The predicted octanol–water partition coefficient (Wildman–Crippen LogP) is 2.11. The number of aromatic amines is 1. The molecule has 1 aromatic heterocycles. The lowest BCUT2D eigenvalue weighted by atomic mass is 9.91. The topological polar surface area (TPSA) is 79.9 Å². The first-order valence-electron chi connectivity index (χ1n) is 8.46. The van der Waals surface area contributed by atoms with Crippen LogP contribution in [0.15, 0.2) is 36.7 Å². The third kappa shape index (κ3) is 3.64. The summed E-state index contributed by atoms with van der Waals surface area (Å²) in [4.78, 5) is 16.9. The second kappa shape index (κ2) is 7.57. The number of nitrogens with zero attached hydrogens (tertiary/aromatic N) is 2. The lowest BCUT2D eigenvalue weighted by Gasteiger charge is -2.22. The zero-order chi connectivity index (χ0) is 16.9. The second-order valence-corrected chi connectivity index (χ2v) is 6.55. The first kappa shape index (κ1) is 16.6. The van der Waals surface area contributed by atoms with Crippen LogP contribution in [0.1, 0.15) is 37.6 Å². The maximum atomic E-state index is 12.6. The van der Waals surface area contributed by atoms with Gasteiger partial charge in [-0.15, -0.1) is 0 Å². The van der Waals surface area contributed by atoms with E-state index in [0.717, 1.165) is 17.8 Å². The van der Waals surface area contributed by atoms with Gasteiger partial charge in [-0.25, -0.2) is 4.98 Å². The molecular formula is C18H24N4O2. The van der Waals surface area contributed by atoms with Gasteiger partial charge in [-0.05, 0) is 17.9 Å². The fourth-order valence-corrected chi connectivity index (χ4v) is 3.32. The molecule has 3 atom stereocenters. The molecule has 6 heteroatoms. The van der Waals surface area contributed by atoms with E-state index in [-0.39, 0.29) is 23.8 Å². The van der Waals surface area contributed by atoms with Crippen molar-refractivity contribution < 1.29 is 9.53 Å². The molecule has 1 aliphatic rings. The van der Waals surface area contributed by atoms with E-state index < -0.39 is 0 Å². The molecule has 0 aliphatic carbocycles. The predicted molar refractivity (Wildman–Crippen MR) is 90.4 cm³/mol. The highest BCUT2D eigenvalue weighted by Gasteiger charge is 2.36. The Morgan fingerprint density at radius 2 is 2.17 bits per heavy atom. The van der Waals surface area contributed by atoms with E-state index in [4.69, 9.17) is 4.74 Å². The van der Waals surface area contributed by atoms with E-state index in [9.17, 15) is 4.79 Å². The molecule has 2 heterocycles. The number of ether oxygens (including phenoxy) is 1. The number of carbonyl (C=O) groups excluding carboxylic acids is 1. The second-order valence-electron chi connectivity index (χ2n) is 6.55. The Labute approximate surface area is 142 Å². The Morgan fingerprint density at radius 1 is 1.38 bits per heavy atom. The van der Waals surface area contributed by atoms with Crippen LogP contribution in [-0.2, 0) is 9.53 Å². The van der Waals surface area contributed by atoms with E-state index in [1.165, 1.54) is 6.33 Å². The van der Waals surface area contributed by atoms with E-state index in [0.29, 0.717) is 19.1 Å². The molecule has 6 nitrogen and oxygen atoms in total. The summed E-state index contributed by atoms with van der Waals surface area (Å²) in [6.45, 7) is 5.33. The summed E-state index contributed by atoms with van der Waals surface area (Å²) < 4.78 is 5.72. The molecule has 1 fully saturated rings. The zero-order valence-corrected chi connectivity index (χ0v) is 14.1. The van der Waals surface area contributed by atoms with Gasteiger partial charge in [0.1, 0.15) is 12.2 Å².